The smallest absolute Gasteiger partial charge is 0.128 e. The van der Waals surface area contributed by atoms with Gasteiger partial charge in [-0.2, -0.15) is 0 Å². The van der Waals surface area contributed by atoms with Gasteiger partial charge < -0.3 is 10.5 Å². The fourth-order valence-electron chi connectivity index (χ4n) is 1.64. The van der Waals surface area contributed by atoms with E-state index in [9.17, 15) is 4.39 Å². The van der Waals surface area contributed by atoms with Gasteiger partial charge >= 0.3 is 0 Å². The zero-order valence-electron chi connectivity index (χ0n) is 10.7. The van der Waals surface area contributed by atoms with Gasteiger partial charge in [-0.25, -0.2) is 4.39 Å². The van der Waals surface area contributed by atoms with Crippen molar-refractivity contribution in [1.29, 1.82) is 0 Å². The van der Waals surface area contributed by atoms with Crippen LogP contribution in [0.1, 0.15) is 37.8 Å². The lowest BCUT2D eigenvalue weighted by molar-refractivity contribution is 0.112. The highest BCUT2D eigenvalue weighted by molar-refractivity contribution is 5.24. The topological polar surface area (TPSA) is 35.2 Å². The van der Waals surface area contributed by atoms with Crippen LogP contribution in [0.4, 0.5) is 4.39 Å². The Morgan fingerprint density at radius 1 is 1.35 bits per heavy atom. The molecule has 0 aromatic heterocycles. The summed E-state index contributed by atoms with van der Waals surface area (Å²) >= 11 is 0. The van der Waals surface area contributed by atoms with Gasteiger partial charge in [0, 0.05) is 18.7 Å². The second-order valence-electron chi connectivity index (χ2n) is 4.72. The van der Waals surface area contributed by atoms with Crippen molar-refractivity contribution in [1.82, 2.24) is 0 Å². The molecule has 0 aliphatic heterocycles. The van der Waals surface area contributed by atoms with Gasteiger partial charge in [0.2, 0.25) is 0 Å². The monoisotopic (exact) mass is 239 g/mol. The molecule has 1 aromatic carbocycles. The molecule has 1 aromatic rings. The van der Waals surface area contributed by atoms with Gasteiger partial charge in [-0.3, -0.25) is 0 Å². The zero-order valence-corrected chi connectivity index (χ0v) is 10.7. The van der Waals surface area contributed by atoms with E-state index in [2.05, 4.69) is 13.8 Å². The predicted octanol–water partition coefficient (Wildman–Crippen LogP) is 3.24. The third-order valence-electron chi connectivity index (χ3n) is 2.67. The third-order valence-corrected chi connectivity index (χ3v) is 2.67. The highest BCUT2D eigenvalue weighted by atomic mass is 19.1. The van der Waals surface area contributed by atoms with Gasteiger partial charge in [-0.05, 0) is 36.5 Å². The lowest BCUT2D eigenvalue weighted by atomic mass is 10.1. The largest absolute Gasteiger partial charge is 0.377 e. The quantitative estimate of drug-likeness (QED) is 0.741. The molecule has 0 aliphatic rings. The molecule has 3 heteroatoms. The van der Waals surface area contributed by atoms with Crippen molar-refractivity contribution in [2.24, 2.45) is 11.7 Å². The Labute approximate surface area is 103 Å². The van der Waals surface area contributed by atoms with Crippen LogP contribution in [0.3, 0.4) is 0 Å². The van der Waals surface area contributed by atoms with E-state index in [1.54, 1.807) is 12.1 Å². The maximum Gasteiger partial charge on any atom is 0.128 e. The average Bonchev–Trinajstić information content (AvgIpc) is 2.30. The number of hydrogen-bond donors (Lipinski definition) is 1. The third kappa shape index (κ3) is 5.29. The number of nitrogens with two attached hydrogens (primary N) is 1. The van der Waals surface area contributed by atoms with Crippen LogP contribution >= 0.6 is 0 Å². The number of halogens is 1. The molecule has 0 spiro atoms. The lowest BCUT2D eigenvalue weighted by Gasteiger charge is -2.08. The maximum atomic E-state index is 13.4. The van der Waals surface area contributed by atoms with E-state index >= 15 is 0 Å². The summed E-state index contributed by atoms with van der Waals surface area (Å²) in [7, 11) is 0. The van der Waals surface area contributed by atoms with Crippen molar-refractivity contribution < 1.29 is 9.13 Å². The Morgan fingerprint density at radius 2 is 2.12 bits per heavy atom. The van der Waals surface area contributed by atoms with Gasteiger partial charge in [-0.1, -0.05) is 19.9 Å². The standard InChI is InChI=1S/C14H22FNO/c1-11(2)4-3-7-17-10-13-8-12(9-16)5-6-14(13)15/h5-6,8,11H,3-4,7,9-10,16H2,1-2H3. The van der Waals surface area contributed by atoms with Crippen LogP contribution in [0.25, 0.3) is 0 Å². The lowest BCUT2D eigenvalue weighted by Crippen LogP contribution is -2.02. The van der Waals surface area contributed by atoms with Crippen molar-refractivity contribution in [2.45, 2.75) is 39.8 Å². The number of rotatable bonds is 7. The SMILES string of the molecule is CC(C)CCCOCc1cc(CN)ccc1F. The van der Waals surface area contributed by atoms with E-state index in [-0.39, 0.29) is 5.82 Å². The van der Waals surface area contributed by atoms with E-state index in [1.165, 1.54) is 6.07 Å². The molecule has 0 radical (unpaired) electrons. The Hall–Kier alpha value is -0.930. The highest BCUT2D eigenvalue weighted by Gasteiger charge is 2.03. The second kappa shape index (κ2) is 7.41. The van der Waals surface area contributed by atoms with Crippen LogP contribution in [0, 0.1) is 11.7 Å². The molecule has 0 aliphatic carbocycles. The minimum atomic E-state index is -0.217. The summed E-state index contributed by atoms with van der Waals surface area (Å²) in [6.45, 7) is 5.82. The first-order valence-electron chi connectivity index (χ1n) is 6.18. The molecule has 2 nitrogen and oxygen atoms in total. The molecule has 0 atom stereocenters. The molecular formula is C14H22FNO. The summed E-state index contributed by atoms with van der Waals surface area (Å²) in [5, 5.41) is 0. The van der Waals surface area contributed by atoms with E-state index in [0.717, 1.165) is 18.4 Å². The summed E-state index contributed by atoms with van der Waals surface area (Å²) in [6.07, 6.45) is 2.17. The number of ether oxygens (including phenoxy) is 1. The summed E-state index contributed by atoms with van der Waals surface area (Å²) in [5.74, 6) is 0.474. The normalized spacial score (nSPS) is 11.1. The summed E-state index contributed by atoms with van der Waals surface area (Å²) in [4.78, 5) is 0. The summed E-state index contributed by atoms with van der Waals surface area (Å²) in [5.41, 5.74) is 7.05. The Bertz CT molecular complexity index is 339. The van der Waals surface area contributed by atoms with Gasteiger partial charge in [0.15, 0.2) is 0 Å². The molecule has 96 valence electrons. The van der Waals surface area contributed by atoms with Gasteiger partial charge in [0.25, 0.3) is 0 Å². The first kappa shape index (κ1) is 14.1. The molecular weight excluding hydrogens is 217 g/mol. The van der Waals surface area contributed by atoms with E-state index in [1.807, 2.05) is 0 Å². The van der Waals surface area contributed by atoms with Crippen molar-refractivity contribution in [3.8, 4) is 0 Å². The Morgan fingerprint density at radius 3 is 2.76 bits per heavy atom. The van der Waals surface area contributed by atoms with E-state index in [0.29, 0.717) is 31.2 Å². The molecule has 17 heavy (non-hydrogen) atoms. The maximum absolute atomic E-state index is 13.4. The highest BCUT2D eigenvalue weighted by Crippen LogP contribution is 2.12. The van der Waals surface area contributed by atoms with Crippen LogP contribution in [0.5, 0.6) is 0 Å². The number of hydrogen-bond acceptors (Lipinski definition) is 2. The molecule has 0 fully saturated rings. The van der Waals surface area contributed by atoms with Crippen molar-refractivity contribution in [3.63, 3.8) is 0 Å². The summed E-state index contributed by atoms with van der Waals surface area (Å²) in [6, 6.07) is 4.93. The molecule has 0 amide bonds. The van der Waals surface area contributed by atoms with Crippen LogP contribution in [-0.2, 0) is 17.9 Å². The molecule has 0 saturated heterocycles. The first-order chi connectivity index (χ1) is 8.13. The minimum Gasteiger partial charge on any atom is -0.377 e. The molecule has 0 saturated carbocycles. The Balaban J connectivity index is 2.35. The predicted molar refractivity (Wildman–Crippen MR) is 68.0 cm³/mol. The zero-order chi connectivity index (χ0) is 12.7. The van der Waals surface area contributed by atoms with Crippen molar-refractivity contribution in [2.75, 3.05) is 6.61 Å². The van der Waals surface area contributed by atoms with E-state index in [4.69, 9.17) is 10.5 Å². The van der Waals surface area contributed by atoms with E-state index < -0.39 is 0 Å². The minimum absolute atomic E-state index is 0.217. The second-order valence-corrected chi connectivity index (χ2v) is 4.72. The van der Waals surface area contributed by atoms with Crippen LogP contribution in [0.2, 0.25) is 0 Å². The summed E-state index contributed by atoms with van der Waals surface area (Å²) < 4.78 is 18.9. The van der Waals surface area contributed by atoms with Crippen molar-refractivity contribution in [3.05, 3.63) is 35.1 Å². The molecule has 0 unspecified atom stereocenters. The molecule has 0 bridgehead atoms. The fourth-order valence-corrected chi connectivity index (χ4v) is 1.64. The average molecular weight is 239 g/mol. The van der Waals surface area contributed by atoms with Gasteiger partial charge in [-0.15, -0.1) is 0 Å². The van der Waals surface area contributed by atoms with Crippen LogP contribution < -0.4 is 5.73 Å². The molecule has 2 N–H and O–H groups in total. The van der Waals surface area contributed by atoms with Gasteiger partial charge in [0.05, 0.1) is 6.61 Å². The Kier molecular flexibility index (Phi) is 6.16. The number of benzene rings is 1. The van der Waals surface area contributed by atoms with Crippen LogP contribution in [0.15, 0.2) is 18.2 Å². The molecule has 1 rings (SSSR count). The van der Waals surface area contributed by atoms with Gasteiger partial charge in [0.1, 0.15) is 5.82 Å². The van der Waals surface area contributed by atoms with Crippen molar-refractivity contribution >= 4 is 0 Å². The molecule has 0 heterocycles. The fraction of sp³-hybridized carbons (Fsp3) is 0.571. The first-order valence-corrected chi connectivity index (χ1v) is 6.18. The van der Waals surface area contributed by atoms with Crippen LogP contribution in [-0.4, -0.2) is 6.61 Å².